The molecule has 2 rings (SSSR count). The van der Waals surface area contributed by atoms with Crippen LogP contribution >= 0.6 is 12.4 Å². The molecule has 2 atom stereocenters. The summed E-state index contributed by atoms with van der Waals surface area (Å²) >= 11 is 0. The Kier molecular flexibility index (Phi) is 7.45. The molecule has 0 spiro atoms. The van der Waals surface area contributed by atoms with Crippen molar-refractivity contribution in [1.29, 1.82) is 0 Å². The van der Waals surface area contributed by atoms with Crippen LogP contribution in [0.4, 0.5) is 0 Å². The van der Waals surface area contributed by atoms with Crippen LogP contribution in [0.2, 0.25) is 0 Å². The van der Waals surface area contributed by atoms with Gasteiger partial charge in [-0.1, -0.05) is 0 Å². The third-order valence-electron chi connectivity index (χ3n) is 3.92. The maximum absolute atomic E-state index is 12.2. The van der Waals surface area contributed by atoms with Crippen molar-refractivity contribution in [2.45, 2.75) is 31.8 Å². The summed E-state index contributed by atoms with van der Waals surface area (Å²) in [4.78, 5) is 12.2. The van der Waals surface area contributed by atoms with E-state index in [4.69, 9.17) is 14.2 Å². The summed E-state index contributed by atoms with van der Waals surface area (Å²) in [6, 6.07) is 3.47. The molecule has 1 fully saturated rings. The van der Waals surface area contributed by atoms with Gasteiger partial charge in [0.05, 0.1) is 33.4 Å². The minimum absolute atomic E-state index is 0. The first-order chi connectivity index (χ1) is 10.6. The van der Waals surface area contributed by atoms with E-state index < -0.39 is 0 Å². The summed E-state index contributed by atoms with van der Waals surface area (Å²) in [5.41, 5.74) is 0.904. The zero-order chi connectivity index (χ0) is 16.1. The van der Waals surface area contributed by atoms with Crippen LogP contribution in [0.1, 0.15) is 31.4 Å². The highest BCUT2D eigenvalue weighted by Gasteiger charge is 2.24. The molecule has 130 valence electrons. The molecule has 2 unspecified atom stereocenters. The number of halogens is 1. The molecular formula is C16H25ClN2O4. The molecule has 1 aromatic carbocycles. The number of carbonyl (C=O) groups excluding carboxylic acids is 1. The van der Waals surface area contributed by atoms with Crippen LogP contribution in [0.3, 0.4) is 0 Å². The van der Waals surface area contributed by atoms with Gasteiger partial charge in [-0.3, -0.25) is 4.79 Å². The van der Waals surface area contributed by atoms with Crippen LogP contribution in [0.15, 0.2) is 12.1 Å². The number of methoxy groups -OCH3 is 3. The largest absolute Gasteiger partial charge is 0.493 e. The zero-order valence-corrected chi connectivity index (χ0v) is 14.8. The van der Waals surface area contributed by atoms with Gasteiger partial charge in [0, 0.05) is 0 Å². The Hall–Kier alpha value is -1.66. The molecule has 1 aliphatic heterocycles. The monoisotopic (exact) mass is 344 g/mol. The first kappa shape index (κ1) is 19.4. The summed E-state index contributed by atoms with van der Waals surface area (Å²) in [6.45, 7) is 2.84. The summed E-state index contributed by atoms with van der Waals surface area (Å²) in [7, 11) is 4.72. The molecule has 0 saturated carbocycles. The highest BCUT2D eigenvalue weighted by molar-refractivity contribution is 5.85. The van der Waals surface area contributed by atoms with Crippen LogP contribution < -0.4 is 24.8 Å². The molecule has 0 aromatic heterocycles. The van der Waals surface area contributed by atoms with Gasteiger partial charge in [0.1, 0.15) is 0 Å². The van der Waals surface area contributed by atoms with Gasteiger partial charge in [-0.25, -0.2) is 0 Å². The Morgan fingerprint density at radius 1 is 1.22 bits per heavy atom. The number of carbonyl (C=O) groups is 1. The second-order valence-electron chi connectivity index (χ2n) is 5.34. The number of rotatable bonds is 6. The zero-order valence-electron chi connectivity index (χ0n) is 14.0. The minimum atomic E-state index is -0.149. The van der Waals surface area contributed by atoms with E-state index >= 15 is 0 Å². The predicted molar refractivity (Wildman–Crippen MR) is 90.9 cm³/mol. The van der Waals surface area contributed by atoms with E-state index in [1.54, 1.807) is 21.3 Å². The number of ether oxygens (including phenoxy) is 3. The van der Waals surface area contributed by atoms with Gasteiger partial charge in [0.2, 0.25) is 11.7 Å². The quantitative estimate of drug-likeness (QED) is 0.826. The molecule has 1 aliphatic rings. The van der Waals surface area contributed by atoms with Crippen molar-refractivity contribution >= 4 is 18.3 Å². The van der Waals surface area contributed by atoms with Gasteiger partial charge in [-0.05, 0) is 44.0 Å². The van der Waals surface area contributed by atoms with Crippen molar-refractivity contribution in [1.82, 2.24) is 10.6 Å². The molecule has 0 radical (unpaired) electrons. The lowest BCUT2D eigenvalue weighted by Gasteiger charge is -2.20. The van der Waals surface area contributed by atoms with Crippen molar-refractivity contribution in [3.63, 3.8) is 0 Å². The van der Waals surface area contributed by atoms with E-state index in [0.29, 0.717) is 17.2 Å². The molecule has 1 saturated heterocycles. The number of hydrogen-bond donors (Lipinski definition) is 2. The molecule has 7 heteroatoms. The fraction of sp³-hybridized carbons (Fsp3) is 0.562. The third-order valence-corrected chi connectivity index (χ3v) is 3.92. The Morgan fingerprint density at radius 3 is 2.26 bits per heavy atom. The first-order valence-electron chi connectivity index (χ1n) is 7.44. The van der Waals surface area contributed by atoms with Gasteiger partial charge in [-0.15, -0.1) is 12.4 Å². The molecule has 23 heavy (non-hydrogen) atoms. The lowest BCUT2D eigenvalue weighted by atomic mass is 10.1. The summed E-state index contributed by atoms with van der Waals surface area (Å²) in [6.07, 6.45) is 1.92. The van der Waals surface area contributed by atoms with Crippen LogP contribution in [0, 0.1) is 0 Å². The molecule has 2 N–H and O–H groups in total. The van der Waals surface area contributed by atoms with Crippen molar-refractivity contribution in [3.8, 4) is 17.2 Å². The van der Waals surface area contributed by atoms with Crippen LogP contribution in [0.5, 0.6) is 17.2 Å². The average molecular weight is 345 g/mol. The van der Waals surface area contributed by atoms with E-state index in [9.17, 15) is 4.79 Å². The normalized spacial score (nSPS) is 17.8. The van der Waals surface area contributed by atoms with Crippen LogP contribution in [-0.2, 0) is 4.79 Å². The van der Waals surface area contributed by atoms with Crippen molar-refractivity contribution in [2.24, 2.45) is 0 Å². The predicted octanol–water partition coefficient (Wildman–Crippen LogP) is 2.06. The smallest absolute Gasteiger partial charge is 0.237 e. The van der Waals surface area contributed by atoms with E-state index in [0.717, 1.165) is 24.9 Å². The highest BCUT2D eigenvalue weighted by Crippen LogP contribution is 2.39. The van der Waals surface area contributed by atoms with Crippen LogP contribution in [0.25, 0.3) is 0 Å². The Morgan fingerprint density at radius 2 is 1.83 bits per heavy atom. The lowest BCUT2D eigenvalue weighted by Crippen LogP contribution is -2.41. The molecule has 0 bridgehead atoms. The number of hydrogen-bond acceptors (Lipinski definition) is 5. The lowest BCUT2D eigenvalue weighted by molar-refractivity contribution is -0.123. The van der Waals surface area contributed by atoms with E-state index in [1.165, 1.54) is 0 Å². The molecular weight excluding hydrogens is 320 g/mol. The van der Waals surface area contributed by atoms with E-state index in [-0.39, 0.29) is 30.4 Å². The molecule has 1 heterocycles. The Bertz CT molecular complexity index is 508. The molecule has 6 nitrogen and oxygen atoms in total. The maximum atomic E-state index is 12.2. The second-order valence-corrected chi connectivity index (χ2v) is 5.34. The fourth-order valence-electron chi connectivity index (χ4n) is 2.66. The minimum Gasteiger partial charge on any atom is -0.493 e. The molecule has 0 aliphatic carbocycles. The second kappa shape index (κ2) is 8.84. The fourth-order valence-corrected chi connectivity index (χ4v) is 2.66. The Balaban J connectivity index is 0.00000264. The standard InChI is InChI=1S/C16H24N2O4.ClH/c1-10(18-16(19)12-6-5-7-17-12)11-8-13(20-2)15(22-4)14(9-11)21-3;/h8-10,12,17H,5-7H2,1-4H3,(H,18,19);1H. The van der Waals surface area contributed by atoms with Gasteiger partial charge in [-0.2, -0.15) is 0 Å². The molecule has 1 amide bonds. The van der Waals surface area contributed by atoms with Crippen molar-refractivity contribution in [2.75, 3.05) is 27.9 Å². The van der Waals surface area contributed by atoms with E-state index in [2.05, 4.69) is 10.6 Å². The van der Waals surface area contributed by atoms with Gasteiger partial charge >= 0.3 is 0 Å². The maximum Gasteiger partial charge on any atom is 0.237 e. The van der Waals surface area contributed by atoms with Gasteiger partial charge in [0.15, 0.2) is 11.5 Å². The number of amides is 1. The average Bonchev–Trinajstić information content (AvgIpc) is 3.07. The Labute approximate surface area is 143 Å². The first-order valence-corrected chi connectivity index (χ1v) is 7.44. The summed E-state index contributed by atoms with van der Waals surface area (Å²) < 4.78 is 16.0. The van der Waals surface area contributed by atoms with Gasteiger partial charge in [0.25, 0.3) is 0 Å². The number of benzene rings is 1. The topological polar surface area (TPSA) is 68.8 Å². The summed E-state index contributed by atoms with van der Waals surface area (Å²) in [5, 5.41) is 6.22. The SMILES string of the molecule is COc1cc(C(C)NC(=O)C2CCCN2)cc(OC)c1OC.Cl. The van der Waals surface area contributed by atoms with Crippen molar-refractivity contribution in [3.05, 3.63) is 17.7 Å². The molecule has 1 aromatic rings. The van der Waals surface area contributed by atoms with Crippen LogP contribution in [-0.4, -0.2) is 39.8 Å². The highest BCUT2D eigenvalue weighted by atomic mass is 35.5. The number of nitrogens with one attached hydrogen (secondary N) is 2. The van der Waals surface area contributed by atoms with E-state index in [1.807, 2.05) is 19.1 Å². The third kappa shape index (κ3) is 4.42. The van der Waals surface area contributed by atoms with Gasteiger partial charge < -0.3 is 24.8 Å². The van der Waals surface area contributed by atoms with Crippen molar-refractivity contribution < 1.29 is 19.0 Å². The summed E-state index contributed by atoms with van der Waals surface area (Å²) in [5.74, 6) is 1.73.